The summed E-state index contributed by atoms with van der Waals surface area (Å²) in [5.74, 6) is 0.678. The van der Waals surface area contributed by atoms with Crippen LogP contribution in [0.25, 0.3) is 11.3 Å². The number of nitrogens with zero attached hydrogens (tertiary/aromatic N) is 3. The lowest BCUT2D eigenvalue weighted by Gasteiger charge is -2.27. The molecule has 0 amide bonds. The minimum absolute atomic E-state index is 0.501. The number of aromatic nitrogens is 2. The Balaban J connectivity index is 2.03. The molecule has 1 saturated heterocycles. The molecule has 1 fully saturated rings. The van der Waals surface area contributed by atoms with Crippen molar-refractivity contribution in [1.29, 1.82) is 0 Å². The first-order chi connectivity index (χ1) is 9.75. The molecule has 0 atom stereocenters. The number of halogens is 2. The second-order valence-corrected chi connectivity index (χ2v) is 5.88. The minimum atomic E-state index is 0.501. The lowest BCUT2D eigenvalue weighted by atomic mass is 10.1. The third-order valence-electron chi connectivity index (χ3n) is 3.14. The number of hydrogen-bond acceptors (Lipinski definition) is 4. The van der Waals surface area contributed by atoms with Crippen LogP contribution in [0, 0.1) is 3.57 Å². The number of ether oxygens (including phenoxy) is 1. The molecule has 0 aliphatic carbocycles. The Morgan fingerprint density at radius 1 is 1.10 bits per heavy atom. The summed E-state index contributed by atoms with van der Waals surface area (Å²) in [6.07, 6.45) is 0. The number of benzene rings is 1. The van der Waals surface area contributed by atoms with Gasteiger partial charge in [-0.15, -0.1) is 0 Å². The van der Waals surface area contributed by atoms with Gasteiger partial charge in [-0.25, -0.2) is 4.98 Å². The fourth-order valence-electron chi connectivity index (χ4n) is 2.10. The van der Waals surface area contributed by atoms with Crippen molar-refractivity contribution in [2.75, 3.05) is 31.2 Å². The number of rotatable bonds is 2. The van der Waals surface area contributed by atoms with Crippen LogP contribution in [0.15, 0.2) is 30.3 Å². The van der Waals surface area contributed by atoms with E-state index in [1.807, 2.05) is 30.3 Å². The molecule has 2 aromatic rings. The van der Waals surface area contributed by atoms with Crippen molar-refractivity contribution in [3.05, 3.63) is 39.1 Å². The fraction of sp³-hybridized carbons (Fsp3) is 0.286. The molecule has 6 heteroatoms. The van der Waals surface area contributed by atoms with Crippen molar-refractivity contribution >= 4 is 40.1 Å². The maximum atomic E-state index is 6.27. The van der Waals surface area contributed by atoms with E-state index < -0.39 is 0 Å². The molecule has 0 unspecified atom stereocenters. The Hall–Kier alpha value is -0.920. The Kier molecular flexibility index (Phi) is 4.38. The standard InChI is InChI=1S/C14H13ClIN3O/c15-13-11(16)12(10-4-2-1-3-5-10)17-14(18-13)19-6-8-20-9-7-19/h1-5H,6-9H2. The third kappa shape index (κ3) is 2.89. The first-order valence-corrected chi connectivity index (χ1v) is 7.82. The molecule has 104 valence electrons. The molecule has 4 nitrogen and oxygen atoms in total. The molecular weight excluding hydrogens is 389 g/mol. The summed E-state index contributed by atoms with van der Waals surface area (Å²) >= 11 is 8.47. The zero-order valence-corrected chi connectivity index (χ0v) is 13.6. The maximum absolute atomic E-state index is 6.27. The van der Waals surface area contributed by atoms with Crippen LogP contribution in [0.1, 0.15) is 0 Å². The summed E-state index contributed by atoms with van der Waals surface area (Å²) in [6, 6.07) is 10.0. The minimum Gasteiger partial charge on any atom is -0.378 e. The largest absolute Gasteiger partial charge is 0.378 e. The van der Waals surface area contributed by atoms with Gasteiger partial charge in [0.2, 0.25) is 5.95 Å². The van der Waals surface area contributed by atoms with E-state index in [0.717, 1.165) is 27.9 Å². The van der Waals surface area contributed by atoms with Crippen molar-refractivity contribution in [1.82, 2.24) is 9.97 Å². The number of hydrogen-bond donors (Lipinski definition) is 0. The molecule has 0 spiro atoms. The Morgan fingerprint density at radius 2 is 1.80 bits per heavy atom. The van der Waals surface area contributed by atoms with Crippen LogP contribution in [0.2, 0.25) is 5.15 Å². The highest BCUT2D eigenvalue weighted by atomic mass is 127. The smallest absolute Gasteiger partial charge is 0.227 e. The lowest BCUT2D eigenvalue weighted by Crippen LogP contribution is -2.37. The quantitative estimate of drug-likeness (QED) is 0.572. The Bertz CT molecular complexity index is 603. The SMILES string of the molecule is Clc1nc(N2CCOCC2)nc(-c2ccccc2)c1I. The average molecular weight is 402 g/mol. The molecule has 3 rings (SSSR count). The molecule has 0 saturated carbocycles. The zero-order valence-electron chi connectivity index (χ0n) is 10.7. The Labute approximate surface area is 136 Å². The van der Waals surface area contributed by atoms with Crippen LogP contribution in [0.5, 0.6) is 0 Å². The van der Waals surface area contributed by atoms with Gasteiger partial charge < -0.3 is 9.64 Å². The van der Waals surface area contributed by atoms with Crippen LogP contribution in [-0.2, 0) is 4.74 Å². The van der Waals surface area contributed by atoms with Crippen molar-refractivity contribution in [2.24, 2.45) is 0 Å². The van der Waals surface area contributed by atoms with E-state index in [1.54, 1.807) is 0 Å². The van der Waals surface area contributed by atoms with Gasteiger partial charge in [-0.1, -0.05) is 41.9 Å². The van der Waals surface area contributed by atoms with E-state index in [1.165, 1.54) is 0 Å². The van der Waals surface area contributed by atoms with Gasteiger partial charge in [0.25, 0.3) is 0 Å². The van der Waals surface area contributed by atoms with Crippen LogP contribution < -0.4 is 4.90 Å². The molecule has 0 N–H and O–H groups in total. The van der Waals surface area contributed by atoms with Crippen LogP contribution >= 0.6 is 34.2 Å². The van der Waals surface area contributed by atoms with Gasteiger partial charge in [0, 0.05) is 18.7 Å². The predicted octanol–water partition coefficient (Wildman–Crippen LogP) is 3.24. The fourth-order valence-corrected chi connectivity index (χ4v) is 2.82. The van der Waals surface area contributed by atoms with E-state index in [-0.39, 0.29) is 0 Å². The lowest BCUT2D eigenvalue weighted by molar-refractivity contribution is 0.122. The summed E-state index contributed by atoms with van der Waals surface area (Å²) in [6.45, 7) is 3.00. The highest BCUT2D eigenvalue weighted by Crippen LogP contribution is 2.29. The molecule has 1 aromatic carbocycles. The van der Waals surface area contributed by atoms with Crippen molar-refractivity contribution in [3.8, 4) is 11.3 Å². The number of anilines is 1. The molecule has 1 aliphatic rings. The Morgan fingerprint density at radius 3 is 2.50 bits per heavy atom. The van der Waals surface area contributed by atoms with Crippen LogP contribution in [-0.4, -0.2) is 36.3 Å². The predicted molar refractivity (Wildman–Crippen MR) is 88.2 cm³/mol. The summed E-state index contributed by atoms with van der Waals surface area (Å²) in [5, 5.41) is 0.501. The van der Waals surface area contributed by atoms with Gasteiger partial charge in [0.15, 0.2) is 0 Å². The normalized spacial score (nSPS) is 15.4. The van der Waals surface area contributed by atoms with Crippen molar-refractivity contribution in [2.45, 2.75) is 0 Å². The third-order valence-corrected chi connectivity index (χ3v) is 4.75. The average Bonchev–Trinajstić information content (AvgIpc) is 2.51. The highest BCUT2D eigenvalue weighted by Gasteiger charge is 2.18. The van der Waals surface area contributed by atoms with Gasteiger partial charge in [-0.05, 0) is 22.6 Å². The molecule has 2 heterocycles. The second kappa shape index (κ2) is 6.24. The summed E-state index contributed by atoms with van der Waals surface area (Å²) in [4.78, 5) is 11.2. The number of morpholine rings is 1. The van der Waals surface area contributed by atoms with E-state index >= 15 is 0 Å². The first kappa shape index (κ1) is 14.0. The van der Waals surface area contributed by atoms with Crippen molar-refractivity contribution in [3.63, 3.8) is 0 Å². The van der Waals surface area contributed by atoms with E-state index in [4.69, 9.17) is 21.3 Å². The van der Waals surface area contributed by atoms with Gasteiger partial charge in [-0.3, -0.25) is 0 Å². The summed E-state index contributed by atoms with van der Waals surface area (Å²) in [5.41, 5.74) is 1.93. The zero-order chi connectivity index (χ0) is 13.9. The summed E-state index contributed by atoms with van der Waals surface area (Å²) < 4.78 is 6.24. The highest BCUT2D eigenvalue weighted by molar-refractivity contribution is 14.1. The van der Waals surface area contributed by atoms with Gasteiger partial charge in [-0.2, -0.15) is 4.98 Å². The van der Waals surface area contributed by atoms with Crippen LogP contribution in [0.4, 0.5) is 5.95 Å². The monoisotopic (exact) mass is 401 g/mol. The second-order valence-electron chi connectivity index (χ2n) is 4.44. The van der Waals surface area contributed by atoms with Gasteiger partial charge >= 0.3 is 0 Å². The maximum Gasteiger partial charge on any atom is 0.227 e. The molecule has 0 radical (unpaired) electrons. The van der Waals surface area contributed by atoms with E-state index in [9.17, 15) is 0 Å². The van der Waals surface area contributed by atoms with E-state index in [2.05, 4.69) is 32.5 Å². The van der Waals surface area contributed by atoms with Gasteiger partial charge in [0.05, 0.1) is 22.5 Å². The molecular formula is C14H13ClIN3O. The van der Waals surface area contributed by atoms with Crippen molar-refractivity contribution < 1.29 is 4.74 Å². The summed E-state index contributed by atoms with van der Waals surface area (Å²) in [7, 11) is 0. The molecule has 20 heavy (non-hydrogen) atoms. The first-order valence-electron chi connectivity index (χ1n) is 6.37. The molecule has 0 bridgehead atoms. The van der Waals surface area contributed by atoms with E-state index in [0.29, 0.717) is 24.3 Å². The molecule has 1 aromatic heterocycles. The molecule has 1 aliphatic heterocycles. The van der Waals surface area contributed by atoms with Gasteiger partial charge in [0.1, 0.15) is 5.15 Å². The van der Waals surface area contributed by atoms with Crippen LogP contribution in [0.3, 0.4) is 0 Å². The topological polar surface area (TPSA) is 38.2 Å².